The first kappa shape index (κ1) is 12.4. The van der Waals surface area contributed by atoms with E-state index in [-0.39, 0.29) is 5.91 Å². The molecule has 0 aliphatic rings. The van der Waals surface area contributed by atoms with Crippen LogP contribution in [0.1, 0.15) is 21.6 Å². The molecule has 1 heterocycles. The van der Waals surface area contributed by atoms with Crippen molar-refractivity contribution < 1.29 is 4.79 Å². The molecule has 0 aliphatic heterocycles. The summed E-state index contributed by atoms with van der Waals surface area (Å²) in [4.78, 5) is 14.0. The van der Waals surface area contributed by atoms with E-state index in [2.05, 4.69) is 5.10 Å². The molecule has 4 nitrogen and oxygen atoms in total. The molecule has 0 saturated heterocycles. The van der Waals surface area contributed by atoms with Gasteiger partial charge in [-0.1, -0.05) is 18.2 Å². The Kier molecular flexibility index (Phi) is 3.46. The van der Waals surface area contributed by atoms with Gasteiger partial charge < -0.3 is 4.90 Å². The van der Waals surface area contributed by atoms with Crippen molar-refractivity contribution in [2.45, 2.75) is 13.5 Å². The summed E-state index contributed by atoms with van der Waals surface area (Å²) < 4.78 is 1.78. The standard InChI is InChI=1S/C14H17N3O/c1-11-6-4-5-7-13(11)14(18)16(2)10-12-8-9-15-17(12)3/h4-9H,10H2,1-3H3. The second-order valence-electron chi connectivity index (χ2n) is 4.42. The van der Waals surface area contributed by atoms with Gasteiger partial charge in [-0.25, -0.2) is 0 Å². The van der Waals surface area contributed by atoms with Gasteiger partial charge in [0.1, 0.15) is 0 Å². The monoisotopic (exact) mass is 243 g/mol. The zero-order valence-electron chi connectivity index (χ0n) is 10.9. The van der Waals surface area contributed by atoms with Gasteiger partial charge >= 0.3 is 0 Å². The minimum atomic E-state index is 0.0364. The van der Waals surface area contributed by atoms with E-state index < -0.39 is 0 Å². The molecule has 94 valence electrons. The lowest BCUT2D eigenvalue weighted by atomic mass is 10.1. The summed E-state index contributed by atoms with van der Waals surface area (Å²) in [6.45, 7) is 2.51. The maximum atomic E-state index is 12.3. The molecule has 4 heteroatoms. The molecule has 0 unspecified atom stereocenters. The molecule has 2 aromatic rings. The largest absolute Gasteiger partial charge is 0.336 e. The third-order valence-electron chi connectivity index (χ3n) is 3.04. The summed E-state index contributed by atoms with van der Waals surface area (Å²) in [6.07, 6.45) is 1.74. The number of amides is 1. The summed E-state index contributed by atoms with van der Waals surface area (Å²) in [6, 6.07) is 9.55. The van der Waals surface area contributed by atoms with Crippen molar-refractivity contribution in [3.05, 3.63) is 53.3 Å². The molecule has 2 rings (SSSR count). The van der Waals surface area contributed by atoms with Crippen molar-refractivity contribution in [3.8, 4) is 0 Å². The molecular formula is C14H17N3O. The molecule has 0 fully saturated rings. The van der Waals surface area contributed by atoms with Crippen LogP contribution in [0, 0.1) is 6.92 Å². The Labute approximate surface area is 107 Å². The third kappa shape index (κ3) is 2.42. The molecule has 0 N–H and O–H groups in total. The van der Waals surface area contributed by atoms with Crippen LogP contribution in [0.3, 0.4) is 0 Å². The van der Waals surface area contributed by atoms with Gasteiger partial charge in [0.25, 0.3) is 5.91 Å². The van der Waals surface area contributed by atoms with E-state index in [9.17, 15) is 4.79 Å². The van der Waals surface area contributed by atoms with Crippen LogP contribution in [0.4, 0.5) is 0 Å². The van der Waals surface area contributed by atoms with Crippen molar-refractivity contribution in [2.24, 2.45) is 7.05 Å². The van der Waals surface area contributed by atoms with Crippen LogP contribution in [-0.2, 0) is 13.6 Å². The van der Waals surface area contributed by atoms with Crippen molar-refractivity contribution in [1.29, 1.82) is 0 Å². The van der Waals surface area contributed by atoms with Crippen LogP contribution < -0.4 is 0 Å². The smallest absolute Gasteiger partial charge is 0.254 e. The Morgan fingerprint density at radius 2 is 2.06 bits per heavy atom. The molecule has 0 radical (unpaired) electrons. The average molecular weight is 243 g/mol. The summed E-state index contributed by atoms with van der Waals surface area (Å²) in [5, 5.41) is 4.10. The van der Waals surface area contributed by atoms with Gasteiger partial charge in [0, 0.05) is 25.9 Å². The Hall–Kier alpha value is -2.10. The van der Waals surface area contributed by atoms with Crippen molar-refractivity contribution >= 4 is 5.91 Å². The molecule has 1 amide bonds. The number of nitrogens with zero attached hydrogens (tertiary/aromatic N) is 3. The van der Waals surface area contributed by atoms with Gasteiger partial charge in [-0.2, -0.15) is 5.10 Å². The van der Waals surface area contributed by atoms with E-state index >= 15 is 0 Å². The van der Waals surface area contributed by atoms with E-state index in [1.165, 1.54) is 0 Å². The van der Waals surface area contributed by atoms with Gasteiger partial charge in [-0.3, -0.25) is 9.48 Å². The van der Waals surface area contributed by atoms with Gasteiger partial charge in [0.2, 0.25) is 0 Å². The van der Waals surface area contributed by atoms with Crippen LogP contribution in [-0.4, -0.2) is 27.6 Å². The Balaban J connectivity index is 2.15. The summed E-state index contributed by atoms with van der Waals surface area (Å²) in [5.74, 6) is 0.0364. The third-order valence-corrected chi connectivity index (χ3v) is 3.04. The predicted octanol–water partition coefficient (Wildman–Crippen LogP) is 2.00. The highest BCUT2D eigenvalue weighted by Crippen LogP contribution is 2.11. The number of carbonyl (C=O) groups is 1. The molecular weight excluding hydrogens is 226 g/mol. The Bertz CT molecular complexity index is 560. The lowest BCUT2D eigenvalue weighted by molar-refractivity contribution is 0.0781. The van der Waals surface area contributed by atoms with Gasteiger partial charge in [0.15, 0.2) is 0 Å². The first-order chi connectivity index (χ1) is 8.59. The first-order valence-corrected chi connectivity index (χ1v) is 5.87. The fourth-order valence-electron chi connectivity index (χ4n) is 1.89. The second kappa shape index (κ2) is 5.04. The highest BCUT2D eigenvalue weighted by Gasteiger charge is 2.14. The topological polar surface area (TPSA) is 38.1 Å². The minimum Gasteiger partial charge on any atom is -0.336 e. The highest BCUT2D eigenvalue weighted by molar-refractivity contribution is 5.95. The van der Waals surface area contributed by atoms with E-state index in [1.807, 2.05) is 51.4 Å². The maximum absolute atomic E-state index is 12.3. The predicted molar refractivity (Wildman–Crippen MR) is 70.2 cm³/mol. The molecule has 0 spiro atoms. The lowest BCUT2D eigenvalue weighted by Gasteiger charge is -2.18. The van der Waals surface area contributed by atoms with E-state index in [1.54, 1.807) is 15.8 Å². The van der Waals surface area contributed by atoms with E-state index in [0.29, 0.717) is 6.54 Å². The van der Waals surface area contributed by atoms with E-state index in [0.717, 1.165) is 16.8 Å². The zero-order valence-corrected chi connectivity index (χ0v) is 10.9. The van der Waals surface area contributed by atoms with E-state index in [4.69, 9.17) is 0 Å². The highest BCUT2D eigenvalue weighted by atomic mass is 16.2. The number of aryl methyl sites for hydroxylation is 2. The zero-order chi connectivity index (χ0) is 13.1. The van der Waals surface area contributed by atoms with Crippen molar-refractivity contribution in [2.75, 3.05) is 7.05 Å². The van der Waals surface area contributed by atoms with Crippen LogP contribution in [0.5, 0.6) is 0 Å². The molecule has 18 heavy (non-hydrogen) atoms. The second-order valence-corrected chi connectivity index (χ2v) is 4.42. The summed E-state index contributed by atoms with van der Waals surface area (Å²) in [5.41, 5.74) is 2.76. The number of hydrogen-bond acceptors (Lipinski definition) is 2. The molecule has 1 aromatic heterocycles. The number of carbonyl (C=O) groups excluding carboxylic acids is 1. The Morgan fingerprint density at radius 3 is 2.67 bits per heavy atom. The number of hydrogen-bond donors (Lipinski definition) is 0. The van der Waals surface area contributed by atoms with Crippen LogP contribution in [0.15, 0.2) is 36.5 Å². The van der Waals surface area contributed by atoms with Crippen molar-refractivity contribution in [3.63, 3.8) is 0 Å². The molecule has 0 saturated carbocycles. The SMILES string of the molecule is Cc1ccccc1C(=O)N(C)Cc1ccnn1C. The first-order valence-electron chi connectivity index (χ1n) is 5.87. The maximum Gasteiger partial charge on any atom is 0.254 e. The lowest BCUT2D eigenvalue weighted by Crippen LogP contribution is -2.27. The molecule has 0 aliphatic carbocycles. The quantitative estimate of drug-likeness (QED) is 0.827. The van der Waals surface area contributed by atoms with Gasteiger partial charge in [-0.05, 0) is 24.6 Å². The van der Waals surface area contributed by atoms with Crippen LogP contribution in [0.2, 0.25) is 0 Å². The summed E-state index contributed by atoms with van der Waals surface area (Å²) in [7, 11) is 3.68. The number of rotatable bonds is 3. The van der Waals surface area contributed by atoms with Gasteiger partial charge in [-0.15, -0.1) is 0 Å². The fourth-order valence-corrected chi connectivity index (χ4v) is 1.89. The number of aromatic nitrogens is 2. The van der Waals surface area contributed by atoms with Gasteiger partial charge in [0.05, 0.1) is 12.2 Å². The number of benzene rings is 1. The van der Waals surface area contributed by atoms with Crippen LogP contribution in [0.25, 0.3) is 0 Å². The van der Waals surface area contributed by atoms with Crippen molar-refractivity contribution in [1.82, 2.24) is 14.7 Å². The molecule has 0 bridgehead atoms. The average Bonchev–Trinajstić information content (AvgIpc) is 2.75. The Morgan fingerprint density at radius 1 is 1.33 bits per heavy atom. The molecule has 0 atom stereocenters. The van der Waals surface area contributed by atoms with Crippen LogP contribution >= 0.6 is 0 Å². The summed E-state index contributed by atoms with van der Waals surface area (Å²) >= 11 is 0. The molecule has 1 aromatic carbocycles. The minimum absolute atomic E-state index is 0.0364. The fraction of sp³-hybridized carbons (Fsp3) is 0.286. The normalized spacial score (nSPS) is 10.4.